The molecule has 2 aliphatic rings. The van der Waals surface area contributed by atoms with Gasteiger partial charge in [-0.2, -0.15) is 0 Å². The molecule has 13 nitrogen and oxygen atoms in total. The van der Waals surface area contributed by atoms with Crippen LogP contribution in [0.4, 0.5) is 4.39 Å². The maximum absolute atomic E-state index is 14.5. The van der Waals surface area contributed by atoms with Crippen LogP contribution in [0.5, 0.6) is 5.75 Å². The topological polar surface area (TPSA) is 187 Å². The van der Waals surface area contributed by atoms with Crippen molar-refractivity contribution in [1.82, 2.24) is 25.8 Å². The maximum Gasteiger partial charge on any atom is 0.303 e. The van der Waals surface area contributed by atoms with Gasteiger partial charge in [0.05, 0.1) is 22.2 Å². The lowest BCUT2D eigenvalue weighted by atomic mass is 9.85. The third kappa shape index (κ3) is 9.49. The lowest BCUT2D eigenvalue weighted by molar-refractivity contribution is -0.145. The number of rotatable bonds is 15. The van der Waals surface area contributed by atoms with E-state index >= 15 is 0 Å². The van der Waals surface area contributed by atoms with Crippen LogP contribution < -0.4 is 20.7 Å². The average molecular weight is 690 g/mol. The zero-order chi connectivity index (χ0) is 35.2. The molecule has 48 heavy (non-hydrogen) atoms. The van der Waals surface area contributed by atoms with Crippen LogP contribution in [0.2, 0.25) is 0 Å². The number of β-amino-alcohol motifs (C(OH)–C–C–N with tert-alkyl or cyclic N) is 1. The summed E-state index contributed by atoms with van der Waals surface area (Å²) < 4.78 is 20.4. The summed E-state index contributed by atoms with van der Waals surface area (Å²) in [6.07, 6.45) is 0.145. The van der Waals surface area contributed by atoms with Crippen LogP contribution in [0, 0.1) is 12.3 Å². The van der Waals surface area contributed by atoms with Crippen LogP contribution in [0.3, 0.4) is 0 Å². The first-order valence-electron chi connectivity index (χ1n) is 16.0. The van der Waals surface area contributed by atoms with E-state index in [1.54, 1.807) is 38.4 Å². The number of nitrogens with zero attached hydrogens (tertiary/aromatic N) is 2. The molecular weight excluding hydrogens is 645 g/mol. The zero-order valence-electron chi connectivity index (χ0n) is 27.6. The van der Waals surface area contributed by atoms with Crippen molar-refractivity contribution in [2.75, 3.05) is 19.7 Å². The minimum atomic E-state index is -1.98. The molecule has 262 valence electrons. The number of unbranched alkanes of at least 4 members (excludes halogenated alkanes) is 1. The number of alkyl halides is 1. The highest BCUT2D eigenvalue weighted by Crippen LogP contribution is 2.40. The number of carboxylic acids is 1. The molecule has 2 aromatic rings. The number of aliphatic carboxylic acids is 1. The number of nitrogens with one attached hydrogen (secondary N) is 3. The molecule has 4 amide bonds. The second-order valence-corrected chi connectivity index (χ2v) is 14.3. The summed E-state index contributed by atoms with van der Waals surface area (Å²) in [7, 11) is 0. The molecule has 2 heterocycles. The number of hydrogen-bond donors (Lipinski definition) is 5. The van der Waals surface area contributed by atoms with Crippen molar-refractivity contribution in [1.29, 1.82) is 0 Å². The highest BCUT2D eigenvalue weighted by Gasteiger charge is 2.53. The Hall–Kier alpha value is -4.11. The number of aliphatic hydroxyl groups is 1. The monoisotopic (exact) mass is 689 g/mol. The SMILES string of the molecule is Cc1ncsc1-c1ccc(CNC(=O)[C@@H]2C[C@@H](O)CN2C(=O)[C@@H](NC(=O)C2(F)CC2)C(C)(C)C)c(OCC(=O)NCCCCC(=O)O)c1. The number of carboxylic acid groups (broad SMARTS) is 1. The number of thiazole rings is 1. The van der Waals surface area contributed by atoms with Crippen LogP contribution in [0.1, 0.15) is 70.6 Å². The highest BCUT2D eigenvalue weighted by molar-refractivity contribution is 7.13. The van der Waals surface area contributed by atoms with Crippen molar-refractivity contribution in [2.24, 2.45) is 5.41 Å². The smallest absolute Gasteiger partial charge is 0.303 e. The van der Waals surface area contributed by atoms with Crippen LogP contribution in [-0.4, -0.2) is 93.2 Å². The number of aryl methyl sites for hydroxylation is 1. The molecule has 0 unspecified atom stereocenters. The summed E-state index contributed by atoms with van der Waals surface area (Å²) in [5.74, 6) is -2.92. The number of aliphatic hydroxyl groups excluding tert-OH is 1. The summed E-state index contributed by atoms with van der Waals surface area (Å²) in [6, 6.07) is 3.21. The van der Waals surface area contributed by atoms with E-state index < -0.39 is 58.9 Å². The number of carbonyl (C=O) groups is 5. The molecular formula is C33H44FN5O8S. The molecule has 5 N–H and O–H groups in total. The Morgan fingerprint density at radius 3 is 2.52 bits per heavy atom. The summed E-state index contributed by atoms with van der Waals surface area (Å²) in [6.45, 7) is 6.90. The van der Waals surface area contributed by atoms with Gasteiger partial charge in [-0.3, -0.25) is 24.0 Å². The van der Waals surface area contributed by atoms with E-state index in [4.69, 9.17) is 9.84 Å². The standard InChI is InChI=1S/C33H44FN5O8S/c1-19-27(48-18-37-19)20-8-9-21(24(13-20)47-17-25(41)35-12-6-5-7-26(42)43)15-36-29(44)23-14-22(40)16-39(23)30(45)28(32(2,3)4)38-31(46)33(34)10-11-33/h8-9,13,18,22-23,28,40H,5-7,10-12,14-17H2,1-4H3,(H,35,41)(H,36,44)(H,38,46)(H,42,43)/t22-,23+,28-/m1/s1. The first-order valence-corrected chi connectivity index (χ1v) is 16.9. The molecule has 0 bridgehead atoms. The number of ether oxygens (including phenoxy) is 1. The minimum Gasteiger partial charge on any atom is -0.483 e. The Morgan fingerprint density at radius 2 is 1.90 bits per heavy atom. The van der Waals surface area contributed by atoms with E-state index in [1.807, 2.05) is 13.0 Å². The van der Waals surface area contributed by atoms with Gasteiger partial charge in [0.1, 0.15) is 17.8 Å². The van der Waals surface area contributed by atoms with Crippen LogP contribution >= 0.6 is 11.3 Å². The molecule has 15 heteroatoms. The van der Waals surface area contributed by atoms with Crippen molar-refractivity contribution in [3.05, 3.63) is 35.0 Å². The van der Waals surface area contributed by atoms with Crippen LogP contribution in [0.25, 0.3) is 10.4 Å². The van der Waals surface area contributed by atoms with Gasteiger partial charge in [-0.25, -0.2) is 9.37 Å². The lowest BCUT2D eigenvalue weighted by Crippen LogP contribution is -2.59. The van der Waals surface area contributed by atoms with Gasteiger partial charge >= 0.3 is 5.97 Å². The largest absolute Gasteiger partial charge is 0.483 e. The Bertz CT molecular complexity index is 1520. The highest BCUT2D eigenvalue weighted by atomic mass is 32.1. The van der Waals surface area contributed by atoms with Gasteiger partial charge in [0.2, 0.25) is 11.8 Å². The maximum atomic E-state index is 14.5. The Morgan fingerprint density at radius 1 is 1.17 bits per heavy atom. The van der Waals surface area contributed by atoms with Crippen molar-refractivity contribution in [3.8, 4) is 16.2 Å². The summed E-state index contributed by atoms with van der Waals surface area (Å²) in [5.41, 5.74) is 1.11. The Balaban J connectivity index is 1.45. The van der Waals surface area contributed by atoms with E-state index in [1.165, 1.54) is 16.2 Å². The fourth-order valence-electron chi connectivity index (χ4n) is 5.40. The van der Waals surface area contributed by atoms with Gasteiger partial charge in [0.15, 0.2) is 12.3 Å². The van der Waals surface area contributed by atoms with E-state index in [9.17, 15) is 33.5 Å². The van der Waals surface area contributed by atoms with Gasteiger partial charge in [0.25, 0.3) is 11.8 Å². The lowest BCUT2D eigenvalue weighted by Gasteiger charge is -2.35. The predicted octanol–water partition coefficient (Wildman–Crippen LogP) is 2.48. The number of amides is 4. The number of likely N-dealkylation sites (tertiary alicyclic amines) is 1. The van der Waals surface area contributed by atoms with Crippen molar-refractivity contribution < 1.29 is 43.3 Å². The second-order valence-electron chi connectivity index (χ2n) is 13.4. The quantitative estimate of drug-likeness (QED) is 0.175. The Labute approximate surface area is 282 Å². The third-order valence-corrected chi connectivity index (χ3v) is 9.35. The molecule has 1 aliphatic carbocycles. The van der Waals surface area contributed by atoms with Crippen LogP contribution in [-0.2, 0) is 30.5 Å². The molecule has 1 saturated carbocycles. The number of benzene rings is 1. The van der Waals surface area contributed by atoms with Crippen molar-refractivity contribution in [3.63, 3.8) is 0 Å². The minimum absolute atomic E-state index is 0.0183. The molecule has 2 fully saturated rings. The third-order valence-electron chi connectivity index (χ3n) is 8.38. The fraction of sp³-hybridized carbons (Fsp3) is 0.576. The van der Waals surface area contributed by atoms with E-state index in [-0.39, 0.29) is 45.4 Å². The van der Waals surface area contributed by atoms with Gasteiger partial charge in [-0.15, -0.1) is 11.3 Å². The van der Waals surface area contributed by atoms with Crippen LogP contribution in [0.15, 0.2) is 23.7 Å². The number of carbonyl (C=O) groups excluding carboxylic acids is 4. The summed E-state index contributed by atoms with van der Waals surface area (Å²) >= 11 is 1.44. The van der Waals surface area contributed by atoms with Gasteiger partial charge < -0.3 is 35.8 Å². The summed E-state index contributed by atoms with van der Waals surface area (Å²) in [4.78, 5) is 69.4. The van der Waals surface area contributed by atoms with Gasteiger partial charge in [-0.1, -0.05) is 32.9 Å². The first kappa shape index (κ1) is 36.7. The molecule has 0 radical (unpaired) electrons. The average Bonchev–Trinajstić information content (AvgIpc) is 3.43. The second kappa shape index (κ2) is 15.4. The molecule has 3 atom stereocenters. The Kier molecular flexibility index (Phi) is 11.8. The number of hydrogen-bond acceptors (Lipinski definition) is 9. The van der Waals surface area contributed by atoms with Gasteiger partial charge in [0, 0.05) is 38.0 Å². The first-order chi connectivity index (χ1) is 22.6. The van der Waals surface area contributed by atoms with E-state index in [2.05, 4.69) is 20.9 Å². The molecule has 1 aromatic heterocycles. The molecule has 1 aromatic carbocycles. The van der Waals surface area contributed by atoms with Gasteiger partial charge in [-0.05, 0) is 49.7 Å². The molecule has 0 spiro atoms. The molecule has 1 saturated heterocycles. The molecule has 4 rings (SSSR count). The zero-order valence-corrected chi connectivity index (χ0v) is 28.5. The number of aromatic nitrogens is 1. The van der Waals surface area contributed by atoms with Crippen molar-refractivity contribution >= 4 is 40.9 Å². The fourth-order valence-corrected chi connectivity index (χ4v) is 6.20. The summed E-state index contributed by atoms with van der Waals surface area (Å²) in [5, 5.41) is 27.3. The predicted molar refractivity (Wildman–Crippen MR) is 175 cm³/mol. The van der Waals surface area contributed by atoms with Crippen molar-refractivity contribution in [2.45, 2.75) is 96.6 Å². The normalized spacial score (nSPS) is 18.9. The van der Waals surface area contributed by atoms with E-state index in [0.717, 1.165) is 16.1 Å². The van der Waals surface area contributed by atoms with E-state index in [0.29, 0.717) is 30.7 Å². The number of halogens is 1. The molecule has 1 aliphatic heterocycles.